The molecule has 4 heteroatoms. The number of aryl methyl sites for hydroxylation is 4. The van der Waals surface area contributed by atoms with E-state index in [0.717, 1.165) is 0 Å². The fourth-order valence-electron chi connectivity index (χ4n) is 12.1. The van der Waals surface area contributed by atoms with Crippen molar-refractivity contribution in [2.24, 2.45) is 0 Å². The highest BCUT2D eigenvalue weighted by Crippen LogP contribution is 2.39. The molecule has 4 heterocycles. The number of benzene rings is 7. The molecule has 0 unspecified atom stereocenters. The maximum absolute atomic E-state index is 2.68. The summed E-state index contributed by atoms with van der Waals surface area (Å²) in [6.45, 7) is 28.3. The highest BCUT2D eigenvalue weighted by Gasteiger charge is 2.42. The highest BCUT2D eigenvalue weighted by atomic mass is 15.0. The van der Waals surface area contributed by atoms with Gasteiger partial charge in [-0.2, -0.15) is 0 Å². The van der Waals surface area contributed by atoms with E-state index < -0.39 is 0 Å². The van der Waals surface area contributed by atoms with Crippen molar-refractivity contribution in [1.29, 1.82) is 0 Å². The lowest BCUT2D eigenvalue weighted by Gasteiger charge is -2.36. The van der Waals surface area contributed by atoms with Crippen molar-refractivity contribution < 1.29 is 0 Å². The van der Waals surface area contributed by atoms with Crippen LogP contribution < -0.4 is 32.8 Å². The molecule has 62 heavy (non-hydrogen) atoms. The maximum atomic E-state index is 2.68. The van der Waals surface area contributed by atoms with Crippen LogP contribution in [0.25, 0.3) is 55.0 Å². The lowest BCUT2D eigenvalue weighted by molar-refractivity contribution is 0.845. The Morgan fingerprint density at radius 2 is 0.694 bits per heavy atom. The molecule has 0 fully saturated rings. The average Bonchev–Trinajstić information content (AvgIpc) is 3.72. The fraction of sp³-hybridized carbons (Fsp3) is 0.276. The van der Waals surface area contributed by atoms with Gasteiger partial charge in [0.05, 0.1) is 11.0 Å². The Morgan fingerprint density at radius 3 is 1.03 bits per heavy atom. The molecule has 2 aromatic heterocycles. The molecule has 0 amide bonds. The molecule has 7 aromatic carbocycles. The first-order valence-corrected chi connectivity index (χ1v) is 23.3. The molecule has 2 nitrogen and oxygen atoms in total. The number of aromatic nitrogens is 2. The quantitative estimate of drug-likeness (QED) is 0.148. The van der Waals surface area contributed by atoms with Crippen LogP contribution in [0.3, 0.4) is 0 Å². The van der Waals surface area contributed by atoms with Gasteiger partial charge in [0.1, 0.15) is 0 Å². The van der Waals surface area contributed by atoms with Crippen molar-refractivity contribution in [1.82, 2.24) is 9.13 Å². The Kier molecular flexibility index (Phi) is 8.77. The third kappa shape index (κ3) is 5.44. The highest BCUT2D eigenvalue weighted by molar-refractivity contribution is 7.00. The third-order valence-electron chi connectivity index (χ3n) is 14.7. The van der Waals surface area contributed by atoms with Gasteiger partial charge in [-0.25, -0.2) is 0 Å². The Labute approximate surface area is 369 Å². The molecule has 306 valence electrons. The van der Waals surface area contributed by atoms with Crippen molar-refractivity contribution in [3.63, 3.8) is 0 Å². The summed E-state index contributed by atoms with van der Waals surface area (Å²) in [5, 5.41) is 5.40. The minimum atomic E-state index is 0.0539. The van der Waals surface area contributed by atoms with E-state index in [4.69, 9.17) is 0 Å². The van der Waals surface area contributed by atoms with Gasteiger partial charge in [-0.15, -0.1) is 0 Å². The van der Waals surface area contributed by atoms with Crippen LogP contribution in [0.1, 0.15) is 124 Å². The number of rotatable bonds is 6. The van der Waals surface area contributed by atoms with E-state index in [9.17, 15) is 0 Å². The molecule has 2 aliphatic rings. The Balaban J connectivity index is 1.39. The Morgan fingerprint density at radius 1 is 0.355 bits per heavy atom. The molecule has 11 rings (SSSR count). The van der Waals surface area contributed by atoms with Gasteiger partial charge in [0.2, 0.25) is 13.4 Å². The normalized spacial score (nSPS) is 13.4. The summed E-state index contributed by atoms with van der Waals surface area (Å²) in [6, 6.07) is 43.9. The van der Waals surface area contributed by atoms with Crippen molar-refractivity contribution in [2.75, 3.05) is 0 Å². The zero-order valence-electron chi connectivity index (χ0n) is 38.8. The number of hydrogen-bond acceptors (Lipinski definition) is 0. The lowest BCUT2D eigenvalue weighted by atomic mass is 9.31. The average molecular weight is 805 g/mol. The first kappa shape index (κ1) is 39.1. The van der Waals surface area contributed by atoms with Crippen LogP contribution in [0.15, 0.2) is 109 Å². The summed E-state index contributed by atoms with van der Waals surface area (Å²) in [6.07, 6.45) is 0. The van der Waals surface area contributed by atoms with Gasteiger partial charge in [-0.3, -0.25) is 0 Å². The fourth-order valence-corrected chi connectivity index (χ4v) is 12.1. The molecule has 0 aliphatic carbocycles. The SMILES string of the molecule is Cc1ccc2c(c1)c1cc(C)cc3c1n2-c1cc2c(cc1B3c1c(C(C)C)cccc1C(C)C)-n1c3ccc(C)cc3c3cc(C)cc(c31)B2c1c(C(C)C)cccc1C(C)C. The molecule has 0 spiro atoms. The third-order valence-corrected chi connectivity index (χ3v) is 14.7. The van der Waals surface area contributed by atoms with Gasteiger partial charge < -0.3 is 9.13 Å². The zero-order valence-corrected chi connectivity index (χ0v) is 38.8. The summed E-state index contributed by atoms with van der Waals surface area (Å²) in [7, 11) is 0. The van der Waals surface area contributed by atoms with Crippen molar-refractivity contribution >= 4 is 89.8 Å². The monoisotopic (exact) mass is 804 g/mol. The van der Waals surface area contributed by atoms with E-state index in [0.29, 0.717) is 23.7 Å². The summed E-state index contributed by atoms with van der Waals surface area (Å²) >= 11 is 0. The molecule has 2 aliphatic heterocycles. The van der Waals surface area contributed by atoms with Gasteiger partial charge in [0.25, 0.3) is 0 Å². The van der Waals surface area contributed by atoms with Gasteiger partial charge in [0, 0.05) is 44.0 Å². The second kappa shape index (κ2) is 13.9. The van der Waals surface area contributed by atoms with E-state index >= 15 is 0 Å². The van der Waals surface area contributed by atoms with E-state index in [1.165, 1.54) is 132 Å². The van der Waals surface area contributed by atoms with Crippen LogP contribution in [0.5, 0.6) is 0 Å². The first-order chi connectivity index (χ1) is 29.7. The Bertz CT molecular complexity index is 3090. The second-order valence-electron chi connectivity index (χ2n) is 20.4. The molecule has 0 saturated carbocycles. The largest absolute Gasteiger partial charge is 0.310 e. The standard InChI is InChI=1S/C58H58B2N2/c1-31(2)39-15-13-16-40(32(3)4)55(39)59-47-29-54-48(30-53(47)61-51-21-19-35(9)23-43(51)45-25-37(11)27-49(59)57(45)61)60(56-41(33(5)6)17-14-18-42(56)34(7)8)50-28-38(12)26-46-44-24-36(10)20-22-52(44)62(54)58(46)50/h13-34H,1-12H3. The van der Waals surface area contributed by atoms with Gasteiger partial charge in [-0.1, -0.05) is 149 Å². The molecule has 9 aromatic rings. The summed E-state index contributed by atoms with van der Waals surface area (Å²) in [5.74, 6) is 1.49. The minimum Gasteiger partial charge on any atom is -0.310 e. The molecule has 0 radical (unpaired) electrons. The number of fused-ring (bicyclic) bond motifs is 10. The predicted molar refractivity (Wildman–Crippen MR) is 273 cm³/mol. The van der Waals surface area contributed by atoms with E-state index in [1.807, 2.05) is 0 Å². The maximum Gasteiger partial charge on any atom is 0.247 e. The van der Waals surface area contributed by atoms with E-state index in [1.54, 1.807) is 0 Å². The van der Waals surface area contributed by atoms with Crippen LogP contribution in [-0.2, 0) is 0 Å². The topological polar surface area (TPSA) is 9.86 Å². The van der Waals surface area contributed by atoms with Crippen LogP contribution in [0.2, 0.25) is 0 Å². The molecular formula is C58H58B2N2. The zero-order chi connectivity index (χ0) is 43.2. The molecule has 0 N–H and O–H groups in total. The van der Waals surface area contributed by atoms with Crippen molar-refractivity contribution in [3.8, 4) is 11.4 Å². The summed E-state index contributed by atoms with van der Waals surface area (Å²) in [4.78, 5) is 0. The molecular weight excluding hydrogens is 746 g/mol. The van der Waals surface area contributed by atoms with Gasteiger partial charge >= 0.3 is 0 Å². The molecule has 0 saturated heterocycles. The summed E-state index contributed by atoms with van der Waals surface area (Å²) < 4.78 is 5.34. The van der Waals surface area contributed by atoms with E-state index in [-0.39, 0.29) is 13.4 Å². The smallest absolute Gasteiger partial charge is 0.247 e. The van der Waals surface area contributed by atoms with Crippen LogP contribution >= 0.6 is 0 Å². The van der Waals surface area contributed by atoms with Crippen molar-refractivity contribution in [2.45, 2.75) is 107 Å². The van der Waals surface area contributed by atoms with E-state index in [2.05, 4.69) is 201 Å². The van der Waals surface area contributed by atoms with Crippen LogP contribution in [-0.4, -0.2) is 22.6 Å². The van der Waals surface area contributed by atoms with Gasteiger partial charge in [-0.05, 0) is 144 Å². The molecule has 0 atom stereocenters. The molecule has 0 bridgehead atoms. The summed E-state index contributed by atoms with van der Waals surface area (Å²) in [5.41, 5.74) is 27.6. The van der Waals surface area contributed by atoms with Crippen LogP contribution in [0, 0.1) is 27.7 Å². The minimum absolute atomic E-state index is 0.0539. The lowest BCUT2D eigenvalue weighted by Crippen LogP contribution is -2.61. The van der Waals surface area contributed by atoms with Crippen LogP contribution in [0.4, 0.5) is 0 Å². The Hall–Kier alpha value is -5.73. The number of nitrogens with zero attached hydrogens (tertiary/aromatic N) is 2. The second-order valence-corrected chi connectivity index (χ2v) is 20.4. The number of hydrogen-bond donors (Lipinski definition) is 0. The van der Waals surface area contributed by atoms with Gasteiger partial charge in [0.15, 0.2) is 0 Å². The predicted octanol–water partition coefficient (Wildman–Crippen LogP) is 11.3. The van der Waals surface area contributed by atoms with Crippen molar-refractivity contribution in [3.05, 3.63) is 154 Å². The first-order valence-electron chi connectivity index (χ1n) is 23.3.